The van der Waals surface area contributed by atoms with Gasteiger partial charge < -0.3 is 20.9 Å². The summed E-state index contributed by atoms with van der Waals surface area (Å²) < 4.78 is 4.95. The summed E-state index contributed by atoms with van der Waals surface area (Å²) in [5.41, 5.74) is 5.30. The van der Waals surface area contributed by atoms with Crippen LogP contribution in [0.25, 0.3) is 0 Å². The summed E-state index contributed by atoms with van der Waals surface area (Å²) in [7, 11) is 1.45. The summed E-state index contributed by atoms with van der Waals surface area (Å²) in [6, 6.07) is -0.0887. The first kappa shape index (κ1) is 15.3. The Morgan fingerprint density at radius 2 is 2.06 bits per heavy atom. The van der Waals surface area contributed by atoms with Gasteiger partial charge in [-0.2, -0.15) is 0 Å². The van der Waals surface area contributed by atoms with Crippen LogP contribution in [0.2, 0.25) is 0 Å². The molecule has 4 N–H and O–H groups in total. The number of carbonyl (C=O) groups is 1. The molecule has 0 aliphatic carbocycles. The Hall–Kier alpha value is -0.650. The predicted molar refractivity (Wildman–Crippen MR) is 62.9 cm³/mol. The highest BCUT2D eigenvalue weighted by molar-refractivity contribution is 5.81. The van der Waals surface area contributed by atoms with Gasteiger partial charge in [-0.3, -0.25) is 4.79 Å². The van der Waals surface area contributed by atoms with Crippen molar-refractivity contribution in [1.82, 2.24) is 5.32 Å². The SMILES string of the molecule is COC(CN)C(=O)NC(CCO)C(C)(C)C. The third-order valence-corrected chi connectivity index (χ3v) is 2.57. The molecule has 0 saturated carbocycles. The molecule has 0 radical (unpaired) electrons. The van der Waals surface area contributed by atoms with Gasteiger partial charge in [0.25, 0.3) is 5.91 Å². The van der Waals surface area contributed by atoms with Crippen molar-refractivity contribution in [2.24, 2.45) is 11.1 Å². The van der Waals surface area contributed by atoms with Crippen LogP contribution in [0, 0.1) is 5.41 Å². The topological polar surface area (TPSA) is 84.6 Å². The predicted octanol–water partition coefficient (Wildman–Crippen LogP) is -0.127. The normalized spacial score (nSPS) is 15.6. The van der Waals surface area contributed by atoms with E-state index in [2.05, 4.69) is 5.32 Å². The number of nitrogens with two attached hydrogens (primary N) is 1. The Labute approximate surface area is 97.3 Å². The maximum Gasteiger partial charge on any atom is 0.250 e. The molecule has 0 fully saturated rings. The number of methoxy groups -OCH3 is 1. The second-order valence-corrected chi connectivity index (χ2v) is 4.90. The zero-order chi connectivity index (χ0) is 12.8. The molecule has 16 heavy (non-hydrogen) atoms. The van der Waals surface area contributed by atoms with Crippen LogP contribution in [0.3, 0.4) is 0 Å². The highest BCUT2D eigenvalue weighted by atomic mass is 16.5. The van der Waals surface area contributed by atoms with Crippen molar-refractivity contribution in [2.75, 3.05) is 20.3 Å². The van der Waals surface area contributed by atoms with Crippen LogP contribution in [0.4, 0.5) is 0 Å². The van der Waals surface area contributed by atoms with E-state index in [0.717, 1.165) is 0 Å². The van der Waals surface area contributed by atoms with Crippen LogP contribution in [0.5, 0.6) is 0 Å². The number of aliphatic hydroxyl groups is 1. The van der Waals surface area contributed by atoms with E-state index < -0.39 is 6.10 Å². The van der Waals surface area contributed by atoms with E-state index in [1.54, 1.807) is 0 Å². The lowest BCUT2D eigenvalue weighted by Crippen LogP contribution is -2.50. The molecule has 0 spiro atoms. The quantitative estimate of drug-likeness (QED) is 0.596. The standard InChI is InChI=1S/C11H24N2O3/c1-11(2,3)9(5-6-14)13-10(15)8(7-12)16-4/h8-9,14H,5-7,12H2,1-4H3,(H,13,15). The number of hydrogen-bond donors (Lipinski definition) is 3. The summed E-state index contributed by atoms with van der Waals surface area (Å²) in [6.07, 6.45) is -0.0977. The molecule has 0 heterocycles. The molecular formula is C11H24N2O3. The van der Waals surface area contributed by atoms with E-state index in [1.165, 1.54) is 7.11 Å². The number of hydrogen-bond acceptors (Lipinski definition) is 4. The zero-order valence-corrected chi connectivity index (χ0v) is 10.6. The summed E-state index contributed by atoms with van der Waals surface area (Å²) in [4.78, 5) is 11.7. The number of nitrogens with one attached hydrogen (secondary N) is 1. The molecule has 0 bridgehead atoms. The highest BCUT2D eigenvalue weighted by Crippen LogP contribution is 2.21. The first-order valence-electron chi connectivity index (χ1n) is 5.51. The van der Waals surface area contributed by atoms with Crippen molar-refractivity contribution in [3.05, 3.63) is 0 Å². The smallest absolute Gasteiger partial charge is 0.250 e. The summed E-state index contributed by atoms with van der Waals surface area (Å²) in [5.74, 6) is -0.224. The van der Waals surface area contributed by atoms with Crippen LogP contribution in [-0.4, -0.2) is 43.4 Å². The van der Waals surface area contributed by atoms with E-state index in [1.807, 2.05) is 20.8 Å². The van der Waals surface area contributed by atoms with E-state index in [4.69, 9.17) is 15.6 Å². The molecule has 0 aromatic carbocycles. The number of aliphatic hydroxyl groups excluding tert-OH is 1. The molecule has 0 aliphatic heterocycles. The van der Waals surface area contributed by atoms with Gasteiger partial charge in [-0.15, -0.1) is 0 Å². The van der Waals surface area contributed by atoms with Crippen molar-refractivity contribution in [1.29, 1.82) is 0 Å². The van der Waals surface area contributed by atoms with Crippen molar-refractivity contribution in [3.8, 4) is 0 Å². The number of ether oxygens (including phenoxy) is 1. The van der Waals surface area contributed by atoms with Crippen LogP contribution in [-0.2, 0) is 9.53 Å². The van der Waals surface area contributed by atoms with Crippen LogP contribution in [0.1, 0.15) is 27.2 Å². The fraction of sp³-hybridized carbons (Fsp3) is 0.909. The third kappa shape index (κ3) is 4.92. The second-order valence-electron chi connectivity index (χ2n) is 4.90. The van der Waals surface area contributed by atoms with Crippen molar-refractivity contribution >= 4 is 5.91 Å². The van der Waals surface area contributed by atoms with E-state index in [-0.39, 0.29) is 30.5 Å². The Balaban J connectivity index is 4.45. The van der Waals surface area contributed by atoms with E-state index in [9.17, 15) is 4.79 Å². The average Bonchev–Trinajstić information content (AvgIpc) is 2.17. The molecule has 96 valence electrons. The monoisotopic (exact) mass is 232 g/mol. The van der Waals surface area contributed by atoms with Gasteiger partial charge >= 0.3 is 0 Å². The highest BCUT2D eigenvalue weighted by Gasteiger charge is 2.28. The van der Waals surface area contributed by atoms with Crippen molar-refractivity contribution < 1.29 is 14.6 Å². The van der Waals surface area contributed by atoms with Gasteiger partial charge in [0, 0.05) is 26.3 Å². The molecule has 0 aromatic rings. The third-order valence-electron chi connectivity index (χ3n) is 2.57. The minimum absolute atomic E-state index is 0.0441. The van der Waals surface area contributed by atoms with Gasteiger partial charge in [0.1, 0.15) is 6.10 Å². The van der Waals surface area contributed by atoms with Gasteiger partial charge in [-0.25, -0.2) is 0 Å². The molecule has 0 saturated heterocycles. The van der Waals surface area contributed by atoms with Crippen LogP contribution in [0.15, 0.2) is 0 Å². The van der Waals surface area contributed by atoms with Gasteiger partial charge in [-0.05, 0) is 11.8 Å². The Bertz CT molecular complexity index is 210. The lowest BCUT2D eigenvalue weighted by Gasteiger charge is -2.32. The molecule has 2 atom stereocenters. The molecule has 0 rings (SSSR count). The fourth-order valence-electron chi connectivity index (χ4n) is 1.43. The maximum atomic E-state index is 11.7. The van der Waals surface area contributed by atoms with Gasteiger partial charge in [0.15, 0.2) is 0 Å². The molecular weight excluding hydrogens is 208 g/mol. The molecule has 0 aromatic heterocycles. The largest absolute Gasteiger partial charge is 0.396 e. The molecule has 0 aliphatic rings. The number of amides is 1. The summed E-state index contributed by atoms with van der Waals surface area (Å²) in [6.45, 7) is 6.23. The molecule has 1 amide bonds. The number of rotatable bonds is 6. The van der Waals surface area contributed by atoms with E-state index >= 15 is 0 Å². The first-order valence-corrected chi connectivity index (χ1v) is 5.51. The van der Waals surface area contributed by atoms with Crippen molar-refractivity contribution in [2.45, 2.75) is 39.3 Å². The fourth-order valence-corrected chi connectivity index (χ4v) is 1.43. The minimum atomic E-state index is -0.622. The molecule has 2 unspecified atom stereocenters. The Kier molecular flexibility index (Phi) is 6.55. The van der Waals surface area contributed by atoms with Crippen molar-refractivity contribution in [3.63, 3.8) is 0 Å². The second kappa shape index (κ2) is 6.83. The summed E-state index contributed by atoms with van der Waals surface area (Å²) >= 11 is 0. The lowest BCUT2D eigenvalue weighted by molar-refractivity contribution is -0.132. The molecule has 5 nitrogen and oxygen atoms in total. The Morgan fingerprint density at radius 3 is 2.38 bits per heavy atom. The summed E-state index contributed by atoms with van der Waals surface area (Å²) in [5, 5.41) is 11.8. The van der Waals surface area contributed by atoms with Crippen LogP contribution < -0.4 is 11.1 Å². The van der Waals surface area contributed by atoms with Gasteiger partial charge in [0.05, 0.1) is 0 Å². The number of carbonyl (C=O) groups excluding carboxylic acids is 1. The Morgan fingerprint density at radius 1 is 1.50 bits per heavy atom. The molecule has 5 heteroatoms. The van der Waals surface area contributed by atoms with Crippen LogP contribution >= 0.6 is 0 Å². The first-order chi connectivity index (χ1) is 7.36. The lowest BCUT2D eigenvalue weighted by atomic mass is 9.85. The zero-order valence-electron chi connectivity index (χ0n) is 10.6. The average molecular weight is 232 g/mol. The minimum Gasteiger partial charge on any atom is -0.396 e. The van der Waals surface area contributed by atoms with E-state index in [0.29, 0.717) is 6.42 Å². The van der Waals surface area contributed by atoms with Gasteiger partial charge in [-0.1, -0.05) is 20.8 Å². The maximum absolute atomic E-state index is 11.7. The van der Waals surface area contributed by atoms with Gasteiger partial charge in [0.2, 0.25) is 0 Å².